The van der Waals surface area contributed by atoms with E-state index in [-0.39, 0.29) is 17.9 Å². The maximum absolute atomic E-state index is 12.9. The average Bonchev–Trinajstić information content (AvgIpc) is 3.15. The quantitative estimate of drug-likeness (QED) is 0.646. The molecule has 0 bridgehead atoms. The zero-order valence-corrected chi connectivity index (χ0v) is 13.5. The Morgan fingerprint density at radius 3 is 2.70 bits per heavy atom. The summed E-state index contributed by atoms with van der Waals surface area (Å²) in [4.78, 5) is 30.1. The van der Waals surface area contributed by atoms with Crippen LogP contribution in [0.5, 0.6) is 5.75 Å². The third-order valence-corrected chi connectivity index (χ3v) is 3.58. The third kappa shape index (κ3) is 4.00. The number of nitrogens with one attached hydrogen (secondary N) is 2. The maximum Gasteiger partial charge on any atom is 0.416 e. The minimum absolute atomic E-state index is 0.0291. The van der Waals surface area contributed by atoms with E-state index in [1.54, 1.807) is 12.1 Å². The van der Waals surface area contributed by atoms with E-state index in [1.807, 2.05) is 0 Å². The highest BCUT2D eigenvalue weighted by atomic mass is 19.4. The van der Waals surface area contributed by atoms with Crippen LogP contribution in [0, 0.1) is 0 Å². The molecule has 0 aliphatic carbocycles. The molecule has 7 nitrogen and oxygen atoms in total. The number of hydrogen-bond acceptors (Lipinski definition) is 5. The van der Waals surface area contributed by atoms with Crippen LogP contribution in [0.1, 0.15) is 21.8 Å². The van der Waals surface area contributed by atoms with Gasteiger partial charge in [-0.25, -0.2) is 4.98 Å². The third-order valence-electron chi connectivity index (χ3n) is 3.58. The standard InChI is InChI=1S/C17H12F3N3O4/c18-17(19,20)10-4-1-3-9(7-10)14-22-12(13(24)16(26)23-14)15(25)21-8-11-5-2-6-27-11/h1-7,24H,8H2,(H,21,25)(H,22,23,26). The first kappa shape index (κ1) is 18.2. The summed E-state index contributed by atoms with van der Waals surface area (Å²) in [5.41, 5.74) is -2.68. The molecule has 27 heavy (non-hydrogen) atoms. The zero-order chi connectivity index (χ0) is 19.6. The van der Waals surface area contributed by atoms with Crippen molar-refractivity contribution in [3.05, 3.63) is 70.0 Å². The summed E-state index contributed by atoms with van der Waals surface area (Å²) in [5.74, 6) is -1.69. The van der Waals surface area contributed by atoms with Crippen molar-refractivity contribution < 1.29 is 27.5 Å². The van der Waals surface area contributed by atoms with E-state index in [9.17, 15) is 27.9 Å². The molecule has 140 valence electrons. The topological polar surface area (TPSA) is 108 Å². The first-order chi connectivity index (χ1) is 12.8. The molecule has 10 heteroatoms. The van der Waals surface area contributed by atoms with Gasteiger partial charge in [0.15, 0.2) is 5.69 Å². The van der Waals surface area contributed by atoms with Crippen LogP contribution >= 0.6 is 0 Å². The van der Waals surface area contributed by atoms with E-state index in [1.165, 1.54) is 12.3 Å². The fourth-order valence-corrected chi connectivity index (χ4v) is 2.27. The summed E-state index contributed by atoms with van der Waals surface area (Å²) >= 11 is 0. The number of carbonyl (C=O) groups excluding carboxylic acids is 1. The van der Waals surface area contributed by atoms with Gasteiger partial charge in [-0.15, -0.1) is 0 Å². The summed E-state index contributed by atoms with van der Waals surface area (Å²) in [6.07, 6.45) is -3.19. The van der Waals surface area contributed by atoms with Crippen molar-refractivity contribution in [2.45, 2.75) is 12.7 Å². The van der Waals surface area contributed by atoms with Crippen LogP contribution in [0.3, 0.4) is 0 Å². The number of rotatable bonds is 4. The van der Waals surface area contributed by atoms with Gasteiger partial charge in [0.25, 0.3) is 11.5 Å². The summed E-state index contributed by atoms with van der Waals surface area (Å²) < 4.78 is 43.6. The molecule has 0 aliphatic rings. The lowest BCUT2D eigenvalue weighted by Gasteiger charge is -2.10. The SMILES string of the molecule is O=C(NCc1ccco1)c1nc(-c2cccc(C(F)(F)F)c2)[nH]c(=O)c1O. The largest absolute Gasteiger partial charge is 0.501 e. The number of hydrogen-bond donors (Lipinski definition) is 3. The van der Waals surface area contributed by atoms with Gasteiger partial charge in [0.05, 0.1) is 18.4 Å². The van der Waals surface area contributed by atoms with Crippen molar-refractivity contribution in [2.75, 3.05) is 0 Å². The Labute approximate surface area is 149 Å². The number of amides is 1. The number of alkyl halides is 3. The van der Waals surface area contributed by atoms with E-state index >= 15 is 0 Å². The van der Waals surface area contributed by atoms with Crippen LogP contribution in [-0.2, 0) is 12.7 Å². The van der Waals surface area contributed by atoms with Crippen LogP contribution in [0.2, 0.25) is 0 Å². The van der Waals surface area contributed by atoms with Gasteiger partial charge in [0.2, 0.25) is 5.75 Å². The average molecular weight is 379 g/mol. The molecule has 0 saturated carbocycles. The highest BCUT2D eigenvalue weighted by Crippen LogP contribution is 2.31. The van der Waals surface area contributed by atoms with E-state index in [0.717, 1.165) is 18.2 Å². The molecule has 3 rings (SSSR count). The normalized spacial score (nSPS) is 11.4. The number of halogens is 3. The van der Waals surface area contributed by atoms with Gasteiger partial charge >= 0.3 is 6.18 Å². The zero-order valence-electron chi connectivity index (χ0n) is 13.5. The minimum atomic E-state index is -4.59. The van der Waals surface area contributed by atoms with Crippen molar-refractivity contribution >= 4 is 5.91 Å². The van der Waals surface area contributed by atoms with Gasteiger partial charge in [-0.1, -0.05) is 12.1 Å². The molecule has 0 unspecified atom stereocenters. The molecule has 2 heterocycles. The number of H-pyrrole nitrogens is 1. The smallest absolute Gasteiger partial charge is 0.416 e. The van der Waals surface area contributed by atoms with Gasteiger partial charge < -0.3 is 19.8 Å². The lowest BCUT2D eigenvalue weighted by Crippen LogP contribution is -2.26. The molecule has 3 N–H and O–H groups in total. The van der Waals surface area contributed by atoms with Gasteiger partial charge in [0.1, 0.15) is 11.6 Å². The molecule has 0 fully saturated rings. The first-order valence-corrected chi connectivity index (χ1v) is 7.57. The van der Waals surface area contributed by atoms with Crippen LogP contribution in [-0.4, -0.2) is 21.0 Å². The van der Waals surface area contributed by atoms with Crippen molar-refractivity contribution in [2.24, 2.45) is 0 Å². The number of aromatic nitrogens is 2. The number of furan rings is 1. The Balaban J connectivity index is 1.94. The Morgan fingerprint density at radius 1 is 1.26 bits per heavy atom. The van der Waals surface area contributed by atoms with Gasteiger partial charge in [-0.2, -0.15) is 13.2 Å². The highest BCUT2D eigenvalue weighted by Gasteiger charge is 2.30. The molecular formula is C17H12F3N3O4. The van der Waals surface area contributed by atoms with Crippen LogP contribution in [0.4, 0.5) is 13.2 Å². The monoisotopic (exact) mass is 379 g/mol. The molecule has 0 aliphatic heterocycles. The number of aromatic hydroxyl groups is 1. The fourth-order valence-electron chi connectivity index (χ4n) is 2.27. The lowest BCUT2D eigenvalue weighted by molar-refractivity contribution is -0.137. The molecule has 3 aromatic rings. The molecule has 0 saturated heterocycles. The number of nitrogens with zero attached hydrogens (tertiary/aromatic N) is 1. The van der Waals surface area contributed by atoms with Crippen LogP contribution in [0.15, 0.2) is 51.9 Å². The van der Waals surface area contributed by atoms with Crippen molar-refractivity contribution in [3.63, 3.8) is 0 Å². The second-order valence-corrected chi connectivity index (χ2v) is 5.45. The molecule has 0 spiro atoms. The van der Waals surface area contributed by atoms with Crippen molar-refractivity contribution in [3.8, 4) is 17.1 Å². The predicted molar refractivity (Wildman–Crippen MR) is 86.8 cm³/mol. The van der Waals surface area contributed by atoms with Crippen molar-refractivity contribution in [1.82, 2.24) is 15.3 Å². The number of carbonyl (C=O) groups is 1. The molecular weight excluding hydrogens is 367 g/mol. The maximum atomic E-state index is 12.9. The molecule has 0 atom stereocenters. The van der Waals surface area contributed by atoms with Crippen molar-refractivity contribution in [1.29, 1.82) is 0 Å². The second kappa shape index (κ2) is 6.98. The molecule has 2 aromatic heterocycles. The summed E-state index contributed by atoms with van der Waals surface area (Å²) in [7, 11) is 0. The van der Waals surface area contributed by atoms with E-state index in [4.69, 9.17) is 4.42 Å². The Morgan fingerprint density at radius 2 is 2.04 bits per heavy atom. The Kier molecular flexibility index (Phi) is 4.72. The summed E-state index contributed by atoms with van der Waals surface area (Å²) in [6.45, 7) is -0.0291. The Hall–Kier alpha value is -3.56. The van der Waals surface area contributed by atoms with Gasteiger partial charge in [-0.3, -0.25) is 9.59 Å². The number of aromatic amines is 1. The molecule has 1 amide bonds. The van der Waals surface area contributed by atoms with E-state index < -0.39 is 34.6 Å². The molecule has 0 radical (unpaired) electrons. The summed E-state index contributed by atoms with van der Waals surface area (Å²) in [6, 6.07) is 7.27. The summed E-state index contributed by atoms with van der Waals surface area (Å²) in [5, 5.41) is 12.2. The molecule has 1 aromatic carbocycles. The lowest BCUT2D eigenvalue weighted by atomic mass is 10.1. The van der Waals surface area contributed by atoms with E-state index in [0.29, 0.717) is 5.76 Å². The fraction of sp³-hybridized carbons (Fsp3) is 0.118. The van der Waals surface area contributed by atoms with Crippen LogP contribution < -0.4 is 10.9 Å². The minimum Gasteiger partial charge on any atom is -0.501 e. The second-order valence-electron chi connectivity index (χ2n) is 5.45. The van der Waals surface area contributed by atoms with Crippen LogP contribution in [0.25, 0.3) is 11.4 Å². The number of benzene rings is 1. The van der Waals surface area contributed by atoms with Gasteiger partial charge in [-0.05, 0) is 24.3 Å². The van der Waals surface area contributed by atoms with E-state index in [2.05, 4.69) is 15.3 Å². The first-order valence-electron chi connectivity index (χ1n) is 7.57. The predicted octanol–water partition coefficient (Wildman–Crippen LogP) is 2.68. The Bertz CT molecular complexity index is 1030. The highest BCUT2D eigenvalue weighted by molar-refractivity contribution is 5.95. The van der Waals surface area contributed by atoms with Gasteiger partial charge in [0, 0.05) is 5.56 Å².